The molecule has 0 amide bonds. The van der Waals surface area contributed by atoms with Gasteiger partial charge in [0.05, 0.1) is 13.7 Å². The SMILES string of the molecule is CCN(CC)CC(C)(C)COC(=O)c1ccc(-c2ccc(OC)cc2)o1. The van der Waals surface area contributed by atoms with Crippen LogP contribution in [0.4, 0.5) is 0 Å². The van der Waals surface area contributed by atoms with Crippen LogP contribution in [0.1, 0.15) is 38.2 Å². The van der Waals surface area contributed by atoms with Gasteiger partial charge in [-0.2, -0.15) is 0 Å². The standard InChI is InChI=1S/C21H29NO4/c1-6-22(7-2)14-21(3,4)15-25-20(23)19-13-12-18(26-19)16-8-10-17(24-5)11-9-16/h8-13H,6-7,14-15H2,1-5H3. The van der Waals surface area contributed by atoms with Gasteiger partial charge in [0.15, 0.2) is 0 Å². The van der Waals surface area contributed by atoms with Crippen molar-refractivity contribution in [2.75, 3.05) is 33.4 Å². The number of nitrogens with zero attached hydrogens (tertiary/aromatic N) is 1. The zero-order valence-corrected chi connectivity index (χ0v) is 16.4. The highest BCUT2D eigenvalue weighted by Gasteiger charge is 2.24. The van der Waals surface area contributed by atoms with Crippen molar-refractivity contribution in [2.24, 2.45) is 5.41 Å². The Labute approximate surface area is 155 Å². The molecule has 1 aromatic carbocycles. The number of carbonyl (C=O) groups excluding carboxylic acids is 1. The third-order valence-corrected chi connectivity index (χ3v) is 4.32. The Hall–Kier alpha value is -2.27. The molecule has 0 N–H and O–H groups in total. The number of hydrogen-bond donors (Lipinski definition) is 0. The van der Waals surface area contributed by atoms with Crippen molar-refractivity contribution in [1.29, 1.82) is 0 Å². The lowest BCUT2D eigenvalue weighted by Crippen LogP contribution is -2.37. The second kappa shape index (κ2) is 8.90. The van der Waals surface area contributed by atoms with Gasteiger partial charge in [-0.25, -0.2) is 4.79 Å². The minimum absolute atomic E-state index is 0.118. The van der Waals surface area contributed by atoms with Gasteiger partial charge in [0, 0.05) is 17.5 Å². The number of methoxy groups -OCH3 is 1. The van der Waals surface area contributed by atoms with Crippen molar-refractivity contribution in [2.45, 2.75) is 27.7 Å². The van der Waals surface area contributed by atoms with E-state index >= 15 is 0 Å². The largest absolute Gasteiger partial charge is 0.497 e. The molecule has 0 radical (unpaired) electrons. The smallest absolute Gasteiger partial charge is 0.374 e. The van der Waals surface area contributed by atoms with Crippen LogP contribution in [-0.2, 0) is 4.74 Å². The molecule has 0 spiro atoms. The predicted molar refractivity (Wildman–Crippen MR) is 103 cm³/mol. The topological polar surface area (TPSA) is 51.9 Å². The maximum Gasteiger partial charge on any atom is 0.374 e. The van der Waals surface area contributed by atoms with Crippen LogP contribution in [0.5, 0.6) is 5.75 Å². The highest BCUT2D eigenvalue weighted by Crippen LogP contribution is 2.25. The van der Waals surface area contributed by atoms with E-state index in [-0.39, 0.29) is 11.2 Å². The monoisotopic (exact) mass is 359 g/mol. The number of hydrogen-bond acceptors (Lipinski definition) is 5. The molecule has 5 nitrogen and oxygen atoms in total. The minimum atomic E-state index is -0.433. The summed E-state index contributed by atoms with van der Waals surface area (Å²) in [5.74, 6) is 1.18. The molecule has 0 atom stereocenters. The number of esters is 1. The fourth-order valence-electron chi connectivity index (χ4n) is 2.79. The van der Waals surface area contributed by atoms with Gasteiger partial charge in [-0.05, 0) is 49.5 Å². The summed E-state index contributed by atoms with van der Waals surface area (Å²) >= 11 is 0. The lowest BCUT2D eigenvalue weighted by Gasteiger charge is -2.30. The second-order valence-corrected chi connectivity index (χ2v) is 7.09. The molecule has 26 heavy (non-hydrogen) atoms. The maximum atomic E-state index is 12.3. The van der Waals surface area contributed by atoms with Crippen LogP contribution in [-0.4, -0.2) is 44.2 Å². The number of ether oxygens (including phenoxy) is 2. The van der Waals surface area contributed by atoms with E-state index in [1.54, 1.807) is 19.2 Å². The molecule has 1 aromatic heterocycles. The van der Waals surface area contributed by atoms with Crippen molar-refractivity contribution in [3.63, 3.8) is 0 Å². The van der Waals surface area contributed by atoms with E-state index in [1.165, 1.54) is 0 Å². The van der Waals surface area contributed by atoms with Crippen LogP contribution < -0.4 is 4.74 Å². The molecule has 0 saturated carbocycles. The first-order chi connectivity index (χ1) is 12.4. The van der Waals surface area contributed by atoms with Gasteiger partial charge in [-0.1, -0.05) is 27.7 Å². The van der Waals surface area contributed by atoms with Crippen LogP contribution in [0.2, 0.25) is 0 Å². The zero-order chi connectivity index (χ0) is 19.2. The van der Waals surface area contributed by atoms with Gasteiger partial charge < -0.3 is 18.8 Å². The summed E-state index contributed by atoms with van der Waals surface area (Å²) in [5.41, 5.74) is 0.763. The molecule has 0 bridgehead atoms. The van der Waals surface area contributed by atoms with Gasteiger partial charge in [-0.15, -0.1) is 0 Å². The van der Waals surface area contributed by atoms with Crippen LogP contribution in [0.3, 0.4) is 0 Å². The van der Waals surface area contributed by atoms with E-state index in [0.717, 1.165) is 30.9 Å². The van der Waals surface area contributed by atoms with E-state index in [9.17, 15) is 4.79 Å². The first-order valence-corrected chi connectivity index (χ1v) is 9.02. The van der Waals surface area contributed by atoms with Crippen molar-refractivity contribution in [1.82, 2.24) is 4.90 Å². The Morgan fingerprint density at radius 2 is 1.73 bits per heavy atom. The Morgan fingerprint density at radius 1 is 1.08 bits per heavy atom. The molecule has 5 heteroatoms. The lowest BCUT2D eigenvalue weighted by molar-refractivity contribution is 0.0243. The molecular formula is C21H29NO4. The van der Waals surface area contributed by atoms with E-state index < -0.39 is 5.97 Å². The first kappa shape index (κ1) is 20.0. The zero-order valence-electron chi connectivity index (χ0n) is 16.4. The lowest BCUT2D eigenvalue weighted by atomic mass is 9.94. The highest BCUT2D eigenvalue weighted by molar-refractivity contribution is 5.87. The number of rotatable bonds is 9. The third-order valence-electron chi connectivity index (χ3n) is 4.32. The second-order valence-electron chi connectivity index (χ2n) is 7.09. The average Bonchev–Trinajstić information content (AvgIpc) is 3.14. The molecule has 0 saturated heterocycles. The molecule has 2 rings (SSSR count). The van der Waals surface area contributed by atoms with Crippen LogP contribution in [0.25, 0.3) is 11.3 Å². The summed E-state index contributed by atoms with van der Waals surface area (Å²) in [6.07, 6.45) is 0. The van der Waals surface area contributed by atoms with Crippen LogP contribution >= 0.6 is 0 Å². The van der Waals surface area contributed by atoms with Gasteiger partial charge >= 0.3 is 5.97 Å². The molecular weight excluding hydrogens is 330 g/mol. The molecule has 0 unspecified atom stereocenters. The van der Waals surface area contributed by atoms with Crippen molar-refractivity contribution >= 4 is 5.97 Å². The summed E-state index contributed by atoms with van der Waals surface area (Å²) in [5, 5.41) is 0. The maximum absolute atomic E-state index is 12.3. The number of furan rings is 1. The van der Waals surface area contributed by atoms with Gasteiger partial charge in [0.1, 0.15) is 11.5 Å². The predicted octanol–water partition coefficient (Wildman–Crippen LogP) is 4.48. The van der Waals surface area contributed by atoms with Crippen LogP contribution in [0, 0.1) is 5.41 Å². The quantitative estimate of drug-likeness (QED) is 0.618. The average molecular weight is 359 g/mol. The molecule has 1 heterocycles. The first-order valence-electron chi connectivity index (χ1n) is 9.02. The molecule has 142 valence electrons. The van der Waals surface area contributed by atoms with E-state index in [0.29, 0.717) is 12.4 Å². The van der Waals surface area contributed by atoms with Crippen molar-refractivity contribution in [3.8, 4) is 17.1 Å². The highest BCUT2D eigenvalue weighted by atomic mass is 16.5. The minimum Gasteiger partial charge on any atom is -0.497 e. The molecule has 0 aliphatic rings. The summed E-state index contributed by atoms with van der Waals surface area (Å²) in [7, 11) is 1.62. The van der Waals surface area contributed by atoms with Crippen molar-refractivity contribution in [3.05, 3.63) is 42.2 Å². The normalized spacial score (nSPS) is 11.6. The molecule has 0 aliphatic carbocycles. The Bertz CT molecular complexity index is 699. The van der Waals surface area contributed by atoms with Crippen LogP contribution in [0.15, 0.2) is 40.8 Å². The Morgan fingerprint density at radius 3 is 2.31 bits per heavy atom. The van der Waals surface area contributed by atoms with Gasteiger partial charge in [-0.3, -0.25) is 0 Å². The Balaban J connectivity index is 1.96. The number of benzene rings is 1. The third kappa shape index (κ3) is 5.36. The van der Waals surface area contributed by atoms with Gasteiger partial charge in [0.25, 0.3) is 0 Å². The summed E-state index contributed by atoms with van der Waals surface area (Å²) in [6.45, 7) is 11.7. The number of carbonyl (C=O) groups is 1. The van der Waals surface area contributed by atoms with Gasteiger partial charge in [0.2, 0.25) is 5.76 Å². The fourth-order valence-corrected chi connectivity index (χ4v) is 2.79. The summed E-state index contributed by atoms with van der Waals surface area (Å²) < 4.78 is 16.3. The summed E-state index contributed by atoms with van der Waals surface area (Å²) in [6, 6.07) is 10.9. The Kier molecular flexibility index (Phi) is 6.86. The summed E-state index contributed by atoms with van der Waals surface area (Å²) in [4.78, 5) is 14.6. The molecule has 0 fully saturated rings. The van der Waals surface area contributed by atoms with E-state index in [1.807, 2.05) is 24.3 Å². The molecule has 2 aromatic rings. The van der Waals surface area contributed by atoms with E-state index in [4.69, 9.17) is 13.9 Å². The fraction of sp³-hybridized carbons (Fsp3) is 0.476. The van der Waals surface area contributed by atoms with E-state index in [2.05, 4.69) is 32.6 Å². The van der Waals surface area contributed by atoms with Crippen molar-refractivity contribution < 1.29 is 18.7 Å². The molecule has 0 aliphatic heterocycles.